The van der Waals surface area contributed by atoms with Gasteiger partial charge in [0, 0.05) is 24.5 Å². The van der Waals surface area contributed by atoms with Gasteiger partial charge in [-0.15, -0.1) is 0 Å². The molecule has 0 atom stereocenters. The zero-order valence-corrected chi connectivity index (χ0v) is 13.1. The van der Waals surface area contributed by atoms with Gasteiger partial charge in [-0.2, -0.15) is 0 Å². The summed E-state index contributed by atoms with van der Waals surface area (Å²) in [5.41, 5.74) is 9.13. The summed E-state index contributed by atoms with van der Waals surface area (Å²) in [6, 6.07) is 9.31. The molecular weight excluding hydrogens is 300 g/mol. The number of azide groups is 1. The summed E-state index contributed by atoms with van der Waals surface area (Å²) in [5.74, 6) is -0.402. The number of nitrogens with zero attached hydrogens (tertiary/aromatic N) is 4. The number of rotatable bonds is 9. The van der Waals surface area contributed by atoms with Crippen LogP contribution in [0.25, 0.3) is 10.4 Å². The molecule has 0 spiro atoms. The molecule has 1 amide bonds. The first-order valence-electron chi connectivity index (χ1n) is 7.20. The molecule has 1 aromatic rings. The Morgan fingerprint density at radius 1 is 1.26 bits per heavy atom. The van der Waals surface area contributed by atoms with Crippen molar-refractivity contribution in [3.63, 3.8) is 0 Å². The first-order chi connectivity index (χ1) is 11.2. The summed E-state index contributed by atoms with van der Waals surface area (Å²) in [4.78, 5) is 27.4. The van der Waals surface area contributed by atoms with Gasteiger partial charge in [-0.3, -0.25) is 4.79 Å². The normalized spacial score (nSPS) is 9.61. The highest BCUT2D eigenvalue weighted by atomic mass is 16.6. The second kappa shape index (κ2) is 10.9. The molecule has 124 valence electrons. The van der Waals surface area contributed by atoms with E-state index >= 15 is 0 Å². The molecule has 1 rings (SSSR count). The SMILES string of the molecule is COC(=O)CCN(CCCN=[N+]=[N-])C(=O)OCc1ccccc1. The molecule has 0 radical (unpaired) electrons. The molecule has 0 N–H and O–H groups in total. The Morgan fingerprint density at radius 3 is 2.65 bits per heavy atom. The molecule has 23 heavy (non-hydrogen) atoms. The van der Waals surface area contributed by atoms with Crippen molar-refractivity contribution in [2.24, 2.45) is 5.11 Å². The van der Waals surface area contributed by atoms with Crippen molar-refractivity contribution >= 4 is 12.1 Å². The summed E-state index contributed by atoms with van der Waals surface area (Å²) in [7, 11) is 1.29. The van der Waals surface area contributed by atoms with E-state index in [1.54, 1.807) is 0 Å². The number of methoxy groups -OCH3 is 1. The summed E-state index contributed by atoms with van der Waals surface area (Å²) >= 11 is 0. The van der Waals surface area contributed by atoms with Crippen LogP contribution in [0.1, 0.15) is 18.4 Å². The van der Waals surface area contributed by atoms with E-state index in [4.69, 9.17) is 10.3 Å². The monoisotopic (exact) mass is 320 g/mol. The van der Waals surface area contributed by atoms with Crippen molar-refractivity contribution in [1.82, 2.24) is 4.90 Å². The standard InChI is InChI=1S/C15H20N4O4/c1-22-14(20)8-11-19(10-5-9-17-18-16)15(21)23-12-13-6-3-2-4-7-13/h2-4,6-7H,5,8-12H2,1H3. The van der Waals surface area contributed by atoms with Crippen LogP contribution in [0.2, 0.25) is 0 Å². The molecule has 0 heterocycles. The number of hydrogen-bond acceptors (Lipinski definition) is 5. The van der Waals surface area contributed by atoms with Crippen LogP contribution in [-0.4, -0.2) is 43.7 Å². The van der Waals surface area contributed by atoms with Crippen molar-refractivity contribution in [2.45, 2.75) is 19.4 Å². The quantitative estimate of drug-likeness (QED) is 0.229. The van der Waals surface area contributed by atoms with Crippen molar-refractivity contribution in [3.8, 4) is 0 Å². The molecular formula is C15H20N4O4. The van der Waals surface area contributed by atoms with Gasteiger partial charge in [0.1, 0.15) is 6.61 Å². The molecule has 1 aromatic carbocycles. The van der Waals surface area contributed by atoms with Crippen LogP contribution in [0, 0.1) is 0 Å². The van der Waals surface area contributed by atoms with Crippen LogP contribution < -0.4 is 0 Å². The predicted octanol–water partition coefficient (Wildman–Crippen LogP) is 2.89. The zero-order valence-electron chi connectivity index (χ0n) is 13.1. The third-order valence-electron chi connectivity index (χ3n) is 3.03. The lowest BCUT2D eigenvalue weighted by Gasteiger charge is -2.21. The Labute approximate surface area is 134 Å². The highest BCUT2D eigenvalue weighted by Gasteiger charge is 2.16. The van der Waals surface area contributed by atoms with Crippen LogP contribution in [-0.2, 0) is 20.9 Å². The molecule has 0 aliphatic heterocycles. The number of carbonyl (C=O) groups is 2. The molecule has 8 nitrogen and oxygen atoms in total. The second-order valence-electron chi connectivity index (χ2n) is 4.66. The molecule has 0 fully saturated rings. The van der Waals surface area contributed by atoms with Crippen molar-refractivity contribution in [2.75, 3.05) is 26.7 Å². The third-order valence-corrected chi connectivity index (χ3v) is 3.03. The van der Waals surface area contributed by atoms with Gasteiger partial charge < -0.3 is 14.4 Å². The maximum atomic E-state index is 12.1. The predicted molar refractivity (Wildman–Crippen MR) is 83.5 cm³/mol. The molecule has 0 unspecified atom stereocenters. The van der Waals surface area contributed by atoms with Gasteiger partial charge in [0.25, 0.3) is 0 Å². The minimum Gasteiger partial charge on any atom is -0.469 e. The number of amides is 1. The van der Waals surface area contributed by atoms with Crippen LogP contribution in [0.4, 0.5) is 4.79 Å². The van der Waals surface area contributed by atoms with Gasteiger partial charge in [0.2, 0.25) is 0 Å². The fourth-order valence-corrected chi connectivity index (χ4v) is 1.81. The summed E-state index contributed by atoms with van der Waals surface area (Å²) in [6.45, 7) is 0.960. The average Bonchev–Trinajstić information content (AvgIpc) is 2.59. The van der Waals surface area contributed by atoms with Crippen LogP contribution >= 0.6 is 0 Å². The highest BCUT2D eigenvalue weighted by molar-refractivity contribution is 5.71. The van der Waals surface area contributed by atoms with E-state index in [9.17, 15) is 9.59 Å². The van der Waals surface area contributed by atoms with Gasteiger partial charge >= 0.3 is 12.1 Å². The number of ether oxygens (including phenoxy) is 2. The summed E-state index contributed by atoms with van der Waals surface area (Å²) in [5, 5.41) is 3.42. The van der Waals surface area contributed by atoms with Gasteiger partial charge in [-0.1, -0.05) is 35.4 Å². The Kier molecular flexibility index (Phi) is 8.70. The third kappa shape index (κ3) is 7.73. The molecule has 0 aliphatic carbocycles. The largest absolute Gasteiger partial charge is 0.469 e. The van der Waals surface area contributed by atoms with Gasteiger partial charge in [0.15, 0.2) is 0 Å². The molecule has 0 aliphatic rings. The van der Waals surface area contributed by atoms with E-state index in [1.165, 1.54) is 12.0 Å². The smallest absolute Gasteiger partial charge is 0.410 e. The molecule has 0 bridgehead atoms. The lowest BCUT2D eigenvalue weighted by atomic mass is 10.2. The Morgan fingerprint density at radius 2 is 2.00 bits per heavy atom. The minimum absolute atomic E-state index is 0.0818. The Hall–Kier alpha value is -2.73. The first kappa shape index (κ1) is 18.3. The van der Waals surface area contributed by atoms with E-state index in [0.29, 0.717) is 13.0 Å². The zero-order chi connectivity index (χ0) is 16.9. The maximum absolute atomic E-state index is 12.1. The fourth-order valence-electron chi connectivity index (χ4n) is 1.81. The molecule has 8 heteroatoms. The highest BCUT2D eigenvalue weighted by Crippen LogP contribution is 2.05. The maximum Gasteiger partial charge on any atom is 0.410 e. The van der Waals surface area contributed by atoms with Crippen LogP contribution in [0.15, 0.2) is 35.4 Å². The Balaban J connectivity index is 2.51. The molecule has 0 saturated carbocycles. The molecule has 0 saturated heterocycles. The van der Waals surface area contributed by atoms with E-state index < -0.39 is 12.1 Å². The number of hydrogen-bond donors (Lipinski definition) is 0. The van der Waals surface area contributed by atoms with Crippen molar-refractivity contribution in [3.05, 3.63) is 46.3 Å². The number of carbonyl (C=O) groups excluding carboxylic acids is 2. The molecule has 0 aromatic heterocycles. The summed E-state index contributed by atoms with van der Waals surface area (Å²) in [6.07, 6.45) is 0.0584. The van der Waals surface area contributed by atoms with E-state index in [-0.39, 0.29) is 26.1 Å². The van der Waals surface area contributed by atoms with E-state index in [1.807, 2.05) is 30.3 Å². The first-order valence-corrected chi connectivity index (χ1v) is 7.20. The van der Waals surface area contributed by atoms with E-state index in [2.05, 4.69) is 14.8 Å². The van der Waals surface area contributed by atoms with Crippen molar-refractivity contribution < 1.29 is 19.1 Å². The topological polar surface area (TPSA) is 105 Å². The van der Waals surface area contributed by atoms with Gasteiger partial charge in [-0.05, 0) is 17.5 Å². The van der Waals surface area contributed by atoms with E-state index in [0.717, 1.165) is 5.56 Å². The second-order valence-corrected chi connectivity index (χ2v) is 4.66. The average molecular weight is 320 g/mol. The van der Waals surface area contributed by atoms with Crippen LogP contribution in [0.3, 0.4) is 0 Å². The van der Waals surface area contributed by atoms with Gasteiger partial charge in [-0.25, -0.2) is 4.79 Å². The van der Waals surface area contributed by atoms with Gasteiger partial charge in [0.05, 0.1) is 13.5 Å². The van der Waals surface area contributed by atoms with Crippen LogP contribution in [0.5, 0.6) is 0 Å². The van der Waals surface area contributed by atoms with Crippen molar-refractivity contribution in [1.29, 1.82) is 0 Å². The lowest BCUT2D eigenvalue weighted by molar-refractivity contribution is -0.140. The fraction of sp³-hybridized carbons (Fsp3) is 0.467. The Bertz CT molecular complexity index is 544. The number of esters is 1. The number of benzene rings is 1. The minimum atomic E-state index is -0.515. The summed E-state index contributed by atoms with van der Waals surface area (Å²) < 4.78 is 9.81. The lowest BCUT2D eigenvalue weighted by Crippen LogP contribution is -2.34.